The Hall–Kier alpha value is -0.440. The second-order valence-corrected chi connectivity index (χ2v) is 1.32. The SMILES string of the molecule is C=C(C)C(=O)O[S]. The van der Waals surface area contributed by atoms with Crippen molar-refractivity contribution in [1.29, 1.82) is 0 Å². The molecule has 0 aromatic carbocycles. The molecule has 0 spiro atoms. The van der Waals surface area contributed by atoms with Crippen LogP contribution in [0.25, 0.3) is 0 Å². The smallest absolute Gasteiger partial charge is 0.346 e. The minimum atomic E-state index is -0.532. The van der Waals surface area contributed by atoms with Gasteiger partial charge in [-0.1, -0.05) is 6.58 Å². The summed E-state index contributed by atoms with van der Waals surface area (Å²) in [6, 6.07) is 0. The third-order valence-electron chi connectivity index (χ3n) is 0.424. The molecule has 0 aromatic heterocycles. The van der Waals surface area contributed by atoms with Crippen molar-refractivity contribution < 1.29 is 8.98 Å². The van der Waals surface area contributed by atoms with Crippen molar-refractivity contribution in [3.63, 3.8) is 0 Å². The van der Waals surface area contributed by atoms with Gasteiger partial charge in [0.1, 0.15) is 0 Å². The van der Waals surface area contributed by atoms with Crippen LogP contribution in [0.4, 0.5) is 0 Å². The molecule has 0 fully saturated rings. The molecule has 0 N–H and O–H groups in total. The average molecular weight is 117 g/mol. The highest BCUT2D eigenvalue weighted by molar-refractivity contribution is 7.75. The monoisotopic (exact) mass is 117 g/mol. The first kappa shape index (κ1) is 6.56. The molecule has 1 radical (unpaired) electrons. The maximum Gasteiger partial charge on any atom is 0.346 e. The molecule has 0 unspecified atom stereocenters. The van der Waals surface area contributed by atoms with Gasteiger partial charge in [0.25, 0.3) is 0 Å². The van der Waals surface area contributed by atoms with E-state index in [0.29, 0.717) is 5.57 Å². The summed E-state index contributed by atoms with van der Waals surface area (Å²) in [5, 5.41) is 0. The van der Waals surface area contributed by atoms with Gasteiger partial charge >= 0.3 is 5.97 Å². The van der Waals surface area contributed by atoms with Crippen LogP contribution in [0.15, 0.2) is 12.2 Å². The topological polar surface area (TPSA) is 26.3 Å². The molecule has 0 atom stereocenters. The molecule has 0 aliphatic heterocycles. The molecule has 0 heterocycles. The Morgan fingerprint density at radius 3 is 2.29 bits per heavy atom. The molecule has 2 nitrogen and oxygen atoms in total. The summed E-state index contributed by atoms with van der Waals surface area (Å²) in [5.41, 5.74) is 0.329. The summed E-state index contributed by atoms with van der Waals surface area (Å²) >= 11 is 3.94. The van der Waals surface area contributed by atoms with Gasteiger partial charge in [0.05, 0.1) is 0 Å². The number of rotatable bonds is 1. The van der Waals surface area contributed by atoms with Crippen LogP contribution >= 0.6 is 12.9 Å². The van der Waals surface area contributed by atoms with Crippen molar-refractivity contribution in [3.05, 3.63) is 12.2 Å². The highest BCUT2D eigenvalue weighted by atomic mass is 32.1. The van der Waals surface area contributed by atoms with E-state index in [9.17, 15) is 4.79 Å². The van der Waals surface area contributed by atoms with Gasteiger partial charge in [0.2, 0.25) is 0 Å². The molecule has 0 bridgehead atoms. The maximum atomic E-state index is 10.1. The molecule has 0 rings (SSSR count). The van der Waals surface area contributed by atoms with Gasteiger partial charge in [0.15, 0.2) is 12.9 Å². The predicted molar refractivity (Wildman–Crippen MR) is 28.5 cm³/mol. The minimum absolute atomic E-state index is 0.329. The quantitative estimate of drug-likeness (QED) is 0.483. The van der Waals surface area contributed by atoms with Gasteiger partial charge in [-0.3, -0.25) is 0 Å². The zero-order chi connectivity index (χ0) is 5.86. The first-order valence-corrected chi connectivity index (χ1v) is 2.01. The number of carbonyl (C=O) groups is 1. The van der Waals surface area contributed by atoms with Crippen LogP contribution in [0.1, 0.15) is 6.92 Å². The van der Waals surface area contributed by atoms with E-state index >= 15 is 0 Å². The lowest BCUT2D eigenvalue weighted by Crippen LogP contribution is -1.95. The second-order valence-electron chi connectivity index (χ2n) is 1.15. The molecular weight excluding hydrogens is 112 g/mol. The first-order chi connectivity index (χ1) is 3.18. The Bertz CT molecular complexity index is 97.9. The molecule has 7 heavy (non-hydrogen) atoms. The van der Waals surface area contributed by atoms with Crippen LogP contribution in [0.2, 0.25) is 0 Å². The third kappa shape index (κ3) is 2.28. The molecule has 0 aromatic rings. The highest BCUT2D eigenvalue weighted by Gasteiger charge is 1.97. The molecule has 0 saturated carbocycles. The molecule has 0 amide bonds. The van der Waals surface area contributed by atoms with Gasteiger partial charge in [0, 0.05) is 5.57 Å². The Balaban J connectivity index is 3.58. The van der Waals surface area contributed by atoms with Crippen LogP contribution in [0.5, 0.6) is 0 Å². The lowest BCUT2D eigenvalue weighted by Gasteiger charge is -1.87. The molecule has 0 aliphatic carbocycles. The van der Waals surface area contributed by atoms with Crippen LogP contribution in [0, 0.1) is 0 Å². The maximum absolute atomic E-state index is 10.1. The van der Waals surface area contributed by atoms with Crippen molar-refractivity contribution in [2.24, 2.45) is 0 Å². The summed E-state index contributed by atoms with van der Waals surface area (Å²) < 4.78 is 3.86. The zero-order valence-electron chi connectivity index (χ0n) is 3.93. The van der Waals surface area contributed by atoms with Gasteiger partial charge in [-0.25, -0.2) is 4.79 Å². The Kier molecular flexibility index (Phi) is 2.52. The molecule has 0 aliphatic rings. The number of carbonyl (C=O) groups excluding carboxylic acids is 1. The fourth-order valence-electron chi connectivity index (χ4n) is 0.0711. The van der Waals surface area contributed by atoms with Crippen LogP contribution in [-0.2, 0) is 8.98 Å². The summed E-state index contributed by atoms with van der Waals surface area (Å²) in [6.07, 6.45) is 0. The Morgan fingerprint density at radius 1 is 1.86 bits per heavy atom. The van der Waals surface area contributed by atoms with Crippen molar-refractivity contribution >= 4 is 18.9 Å². The Labute approximate surface area is 47.8 Å². The zero-order valence-corrected chi connectivity index (χ0v) is 4.75. The molecular formula is C4H5O2S. The molecule has 39 valence electrons. The van der Waals surface area contributed by atoms with E-state index < -0.39 is 5.97 Å². The standard InChI is InChI=1S/C4H5O2S/c1-3(2)4(5)6-7/h1H2,2H3. The fraction of sp³-hybridized carbons (Fsp3) is 0.250. The lowest BCUT2D eigenvalue weighted by molar-refractivity contribution is -0.128. The second kappa shape index (κ2) is 2.69. The largest absolute Gasteiger partial charge is 0.373 e. The van der Waals surface area contributed by atoms with Crippen molar-refractivity contribution in [2.45, 2.75) is 6.92 Å². The lowest BCUT2D eigenvalue weighted by atomic mass is 10.4. The third-order valence-corrected chi connectivity index (χ3v) is 0.576. The van der Waals surface area contributed by atoms with Gasteiger partial charge in [-0.05, 0) is 6.92 Å². The summed E-state index contributed by atoms with van der Waals surface area (Å²) in [6.45, 7) is 4.82. The van der Waals surface area contributed by atoms with Crippen LogP contribution in [-0.4, -0.2) is 5.97 Å². The number of hydrogen-bond donors (Lipinski definition) is 0. The van der Waals surface area contributed by atoms with Gasteiger partial charge in [-0.2, -0.15) is 0 Å². The van der Waals surface area contributed by atoms with E-state index in [1.165, 1.54) is 6.92 Å². The van der Waals surface area contributed by atoms with Crippen molar-refractivity contribution in [3.8, 4) is 0 Å². The molecule has 3 heteroatoms. The first-order valence-electron chi connectivity index (χ1n) is 1.68. The van der Waals surface area contributed by atoms with E-state index in [0.717, 1.165) is 0 Å². The van der Waals surface area contributed by atoms with Crippen LogP contribution in [0.3, 0.4) is 0 Å². The van der Waals surface area contributed by atoms with Crippen molar-refractivity contribution in [1.82, 2.24) is 0 Å². The Morgan fingerprint density at radius 2 is 2.29 bits per heavy atom. The van der Waals surface area contributed by atoms with Gasteiger partial charge in [-0.15, -0.1) is 0 Å². The predicted octanol–water partition coefficient (Wildman–Crippen LogP) is 1.22. The fourth-order valence-corrected chi connectivity index (χ4v) is 0.213. The highest BCUT2D eigenvalue weighted by Crippen LogP contribution is 1.91. The normalized spacial score (nSPS) is 7.71. The van der Waals surface area contributed by atoms with E-state index in [-0.39, 0.29) is 0 Å². The molecule has 0 saturated heterocycles. The van der Waals surface area contributed by atoms with E-state index in [1.807, 2.05) is 0 Å². The summed E-state index contributed by atoms with van der Waals surface area (Å²) in [5.74, 6) is -0.532. The number of hydrogen-bond acceptors (Lipinski definition) is 2. The minimum Gasteiger partial charge on any atom is -0.373 e. The van der Waals surface area contributed by atoms with Crippen molar-refractivity contribution in [2.75, 3.05) is 0 Å². The summed E-state index contributed by atoms with van der Waals surface area (Å²) in [4.78, 5) is 10.1. The average Bonchev–Trinajstić information content (AvgIpc) is 1.65. The van der Waals surface area contributed by atoms with Gasteiger partial charge < -0.3 is 4.18 Å². The van der Waals surface area contributed by atoms with E-state index in [1.54, 1.807) is 0 Å². The van der Waals surface area contributed by atoms with E-state index in [4.69, 9.17) is 0 Å². The van der Waals surface area contributed by atoms with Crippen LogP contribution < -0.4 is 0 Å². The summed E-state index contributed by atoms with van der Waals surface area (Å²) in [7, 11) is 0. The van der Waals surface area contributed by atoms with E-state index in [2.05, 4.69) is 23.7 Å².